The first-order valence-electron chi connectivity index (χ1n) is 15.3. The summed E-state index contributed by atoms with van der Waals surface area (Å²) < 4.78 is 11.6. The Balaban J connectivity index is 1.24. The van der Waals surface area contributed by atoms with Gasteiger partial charge in [0.25, 0.3) is 5.91 Å². The number of hydrogen-bond donors (Lipinski definition) is 0. The average Bonchev–Trinajstić information content (AvgIpc) is 3.51. The molecule has 1 saturated carbocycles. The van der Waals surface area contributed by atoms with E-state index in [0.717, 1.165) is 83.2 Å². The summed E-state index contributed by atoms with van der Waals surface area (Å²) in [5.74, 6) is 0.783. The van der Waals surface area contributed by atoms with E-state index in [1.54, 1.807) is 11.3 Å². The molecule has 2 heterocycles. The van der Waals surface area contributed by atoms with Crippen LogP contribution in [0, 0.1) is 19.8 Å². The highest BCUT2D eigenvalue weighted by Crippen LogP contribution is 2.36. The minimum absolute atomic E-state index is 0.0224. The molecule has 0 radical (unpaired) electrons. The van der Waals surface area contributed by atoms with Gasteiger partial charge in [-0.1, -0.05) is 37.0 Å². The quantitative estimate of drug-likeness (QED) is 0.246. The van der Waals surface area contributed by atoms with E-state index in [1.165, 1.54) is 19.3 Å². The molecule has 0 atom stereocenters. The van der Waals surface area contributed by atoms with Crippen molar-refractivity contribution in [2.75, 3.05) is 31.6 Å². The van der Waals surface area contributed by atoms with E-state index in [2.05, 4.69) is 29.3 Å². The standard InChI is InChI=1S/C34H43N3O4S/c1-5-40-33(39)25-15-17-37(18-16-25)34-35-30(22-42-34)29-19-23(2)11-14-31(29)41-21-27-13-12-26(20-24(27)3)32(38)36(4)28-9-7-6-8-10-28/h11-14,19-20,22,25,28H,5-10,15-18,21H2,1-4H3. The predicted molar refractivity (Wildman–Crippen MR) is 168 cm³/mol. The van der Waals surface area contributed by atoms with Crippen molar-refractivity contribution < 1.29 is 19.1 Å². The lowest BCUT2D eigenvalue weighted by atomic mass is 9.94. The van der Waals surface area contributed by atoms with Gasteiger partial charge in [0.05, 0.1) is 18.2 Å². The number of benzene rings is 2. The Labute approximate surface area is 253 Å². The van der Waals surface area contributed by atoms with E-state index in [9.17, 15) is 9.59 Å². The number of nitrogens with zero attached hydrogens (tertiary/aromatic N) is 3. The second kappa shape index (κ2) is 13.7. The molecule has 0 spiro atoms. The van der Waals surface area contributed by atoms with Crippen molar-refractivity contribution in [3.63, 3.8) is 0 Å². The lowest BCUT2D eigenvalue weighted by Gasteiger charge is -2.31. The van der Waals surface area contributed by atoms with Gasteiger partial charge in [0.15, 0.2) is 5.13 Å². The van der Waals surface area contributed by atoms with Gasteiger partial charge in [-0.05, 0) is 81.8 Å². The Morgan fingerprint density at radius 3 is 2.50 bits per heavy atom. The minimum atomic E-state index is -0.0817. The molecule has 0 unspecified atom stereocenters. The number of ether oxygens (including phenoxy) is 2. The highest BCUT2D eigenvalue weighted by atomic mass is 32.1. The van der Waals surface area contributed by atoms with Crippen LogP contribution in [0.25, 0.3) is 11.3 Å². The maximum atomic E-state index is 13.2. The second-order valence-electron chi connectivity index (χ2n) is 11.7. The van der Waals surface area contributed by atoms with Crippen LogP contribution in [0.2, 0.25) is 0 Å². The number of aryl methyl sites for hydroxylation is 2. The smallest absolute Gasteiger partial charge is 0.309 e. The zero-order valence-electron chi connectivity index (χ0n) is 25.4. The minimum Gasteiger partial charge on any atom is -0.488 e. The van der Waals surface area contributed by atoms with Crippen LogP contribution in [0.5, 0.6) is 5.75 Å². The lowest BCUT2D eigenvalue weighted by molar-refractivity contribution is -0.148. The molecule has 1 saturated heterocycles. The maximum absolute atomic E-state index is 13.2. The van der Waals surface area contributed by atoms with Crippen LogP contribution in [0.15, 0.2) is 41.8 Å². The van der Waals surface area contributed by atoms with Crippen LogP contribution in [-0.2, 0) is 16.1 Å². The van der Waals surface area contributed by atoms with Gasteiger partial charge in [-0.25, -0.2) is 4.98 Å². The van der Waals surface area contributed by atoms with E-state index < -0.39 is 0 Å². The molecule has 0 N–H and O–H groups in total. The fraction of sp³-hybridized carbons (Fsp3) is 0.500. The lowest BCUT2D eigenvalue weighted by Crippen LogP contribution is -2.38. The van der Waals surface area contributed by atoms with Crippen molar-refractivity contribution in [3.05, 3.63) is 64.0 Å². The fourth-order valence-corrected chi connectivity index (χ4v) is 6.93. The summed E-state index contributed by atoms with van der Waals surface area (Å²) in [6.07, 6.45) is 7.45. The predicted octanol–water partition coefficient (Wildman–Crippen LogP) is 7.19. The number of anilines is 1. The number of hydrogen-bond acceptors (Lipinski definition) is 7. The Kier molecular flexibility index (Phi) is 9.83. The Bertz CT molecular complexity index is 1390. The first-order chi connectivity index (χ1) is 20.3. The Morgan fingerprint density at radius 1 is 1.02 bits per heavy atom. The molecule has 5 rings (SSSR count). The van der Waals surface area contributed by atoms with Crippen molar-refractivity contribution in [3.8, 4) is 17.0 Å². The van der Waals surface area contributed by atoms with Crippen LogP contribution in [0.1, 0.15) is 78.9 Å². The zero-order chi connectivity index (χ0) is 29.6. The summed E-state index contributed by atoms with van der Waals surface area (Å²) in [5, 5.41) is 3.05. The maximum Gasteiger partial charge on any atom is 0.309 e. The van der Waals surface area contributed by atoms with E-state index in [-0.39, 0.29) is 17.8 Å². The SMILES string of the molecule is CCOC(=O)C1CCN(c2nc(-c3cc(C)ccc3OCc3ccc(C(=O)N(C)C4CCCCC4)cc3C)cs2)CC1. The molecule has 0 bridgehead atoms. The van der Waals surface area contributed by atoms with Crippen LogP contribution in [-0.4, -0.2) is 54.5 Å². The molecule has 224 valence electrons. The number of aromatic nitrogens is 1. The molecule has 2 aliphatic rings. The van der Waals surface area contributed by atoms with Crippen molar-refractivity contribution in [1.29, 1.82) is 0 Å². The highest BCUT2D eigenvalue weighted by Gasteiger charge is 2.28. The van der Waals surface area contributed by atoms with Crippen molar-refractivity contribution in [2.24, 2.45) is 5.92 Å². The third-order valence-electron chi connectivity index (χ3n) is 8.70. The summed E-state index contributed by atoms with van der Waals surface area (Å²) >= 11 is 1.63. The van der Waals surface area contributed by atoms with Crippen molar-refractivity contribution in [1.82, 2.24) is 9.88 Å². The number of thiazole rings is 1. The molecule has 2 fully saturated rings. The summed E-state index contributed by atoms with van der Waals surface area (Å²) in [6.45, 7) is 8.40. The summed E-state index contributed by atoms with van der Waals surface area (Å²) in [4.78, 5) is 34.5. The van der Waals surface area contributed by atoms with Gasteiger partial charge in [0.2, 0.25) is 0 Å². The number of carbonyl (C=O) groups is 2. The van der Waals surface area contributed by atoms with Crippen LogP contribution in [0.3, 0.4) is 0 Å². The first-order valence-corrected chi connectivity index (χ1v) is 16.2. The molecule has 42 heavy (non-hydrogen) atoms. The number of esters is 1. The molecule has 7 nitrogen and oxygen atoms in total. The number of amides is 1. The number of piperidine rings is 1. The van der Waals surface area contributed by atoms with E-state index in [1.807, 2.05) is 50.1 Å². The monoisotopic (exact) mass is 589 g/mol. The van der Waals surface area contributed by atoms with E-state index in [0.29, 0.717) is 19.3 Å². The fourth-order valence-electron chi connectivity index (χ4n) is 6.05. The molecular formula is C34H43N3O4S. The summed E-state index contributed by atoms with van der Waals surface area (Å²) in [6, 6.07) is 12.5. The van der Waals surface area contributed by atoms with Crippen LogP contribution < -0.4 is 9.64 Å². The van der Waals surface area contributed by atoms with Gasteiger partial charge in [-0.3, -0.25) is 9.59 Å². The number of rotatable bonds is 9. The van der Waals surface area contributed by atoms with Gasteiger partial charge < -0.3 is 19.3 Å². The average molecular weight is 590 g/mol. The van der Waals surface area contributed by atoms with Gasteiger partial charge in [0.1, 0.15) is 12.4 Å². The molecule has 1 aliphatic carbocycles. The van der Waals surface area contributed by atoms with Crippen LogP contribution in [0.4, 0.5) is 5.13 Å². The Morgan fingerprint density at radius 2 is 1.79 bits per heavy atom. The van der Waals surface area contributed by atoms with Crippen LogP contribution >= 0.6 is 11.3 Å². The molecule has 3 aromatic rings. The molecule has 1 amide bonds. The molecule has 2 aromatic carbocycles. The van der Waals surface area contributed by atoms with Gasteiger partial charge in [-0.15, -0.1) is 11.3 Å². The molecule has 1 aromatic heterocycles. The zero-order valence-corrected chi connectivity index (χ0v) is 26.2. The van der Waals surface area contributed by atoms with Crippen molar-refractivity contribution in [2.45, 2.75) is 78.4 Å². The first kappa shape index (κ1) is 30.1. The second-order valence-corrected chi connectivity index (χ2v) is 12.5. The molecule has 1 aliphatic heterocycles. The van der Waals surface area contributed by atoms with Gasteiger partial charge >= 0.3 is 5.97 Å². The van der Waals surface area contributed by atoms with Gasteiger partial charge in [-0.2, -0.15) is 0 Å². The topological polar surface area (TPSA) is 72.0 Å². The molecule has 8 heteroatoms. The normalized spacial score (nSPS) is 16.3. The third-order valence-corrected chi connectivity index (χ3v) is 9.61. The molecular weight excluding hydrogens is 546 g/mol. The summed E-state index contributed by atoms with van der Waals surface area (Å²) in [7, 11) is 1.94. The number of carbonyl (C=O) groups excluding carboxylic acids is 2. The Hall–Kier alpha value is -3.39. The van der Waals surface area contributed by atoms with E-state index >= 15 is 0 Å². The highest BCUT2D eigenvalue weighted by molar-refractivity contribution is 7.14. The van der Waals surface area contributed by atoms with E-state index in [4.69, 9.17) is 14.5 Å². The third kappa shape index (κ3) is 6.97. The van der Waals surface area contributed by atoms with Crippen molar-refractivity contribution >= 4 is 28.3 Å². The summed E-state index contributed by atoms with van der Waals surface area (Å²) in [5.41, 5.74) is 5.85. The van der Waals surface area contributed by atoms with Gasteiger partial charge in [0, 0.05) is 42.7 Å². The largest absolute Gasteiger partial charge is 0.488 e.